The van der Waals surface area contributed by atoms with Gasteiger partial charge in [0, 0.05) is 34.2 Å². The molecule has 0 atom stereocenters. The molecule has 0 radical (unpaired) electrons. The van der Waals surface area contributed by atoms with Gasteiger partial charge >= 0.3 is 0 Å². The van der Waals surface area contributed by atoms with Gasteiger partial charge in [-0.05, 0) is 59.0 Å². The van der Waals surface area contributed by atoms with Gasteiger partial charge < -0.3 is 4.90 Å². The van der Waals surface area contributed by atoms with Crippen LogP contribution in [0, 0.1) is 0 Å². The lowest BCUT2D eigenvalue weighted by Crippen LogP contribution is -2.09. The molecule has 0 N–H and O–H groups in total. The Balaban J connectivity index is 1.32. The summed E-state index contributed by atoms with van der Waals surface area (Å²) in [5.74, 6) is 0. The largest absolute Gasteiger partial charge is 0.311 e. The maximum Gasteiger partial charge on any atom is 0.0780 e. The van der Waals surface area contributed by atoms with E-state index in [4.69, 9.17) is 0 Å². The van der Waals surface area contributed by atoms with Crippen LogP contribution in [0.4, 0.5) is 17.1 Å². The van der Waals surface area contributed by atoms with E-state index < -0.39 is 0 Å². The Morgan fingerprint density at radius 1 is 0.400 bits per heavy atom. The number of fused-ring (bicyclic) bond motifs is 1. The second kappa shape index (κ2) is 9.28. The molecule has 2 heteroatoms. The number of nitrogens with zero attached hydrogens (tertiary/aromatic N) is 2. The third-order valence-corrected chi connectivity index (χ3v) is 6.32. The predicted molar refractivity (Wildman–Crippen MR) is 147 cm³/mol. The second-order valence-electron chi connectivity index (χ2n) is 8.51. The van der Waals surface area contributed by atoms with Crippen molar-refractivity contribution in [3.05, 3.63) is 146 Å². The maximum absolute atomic E-state index is 4.66. The van der Waals surface area contributed by atoms with Crippen LogP contribution in [-0.2, 0) is 0 Å². The van der Waals surface area contributed by atoms with Crippen LogP contribution in [0.2, 0.25) is 0 Å². The summed E-state index contributed by atoms with van der Waals surface area (Å²) >= 11 is 0. The molecule has 1 aromatic heterocycles. The Morgan fingerprint density at radius 2 is 0.886 bits per heavy atom. The lowest BCUT2D eigenvalue weighted by molar-refractivity contribution is 1.28. The van der Waals surface area contributed by atoms with Crippen molar-refractivity contribution in [3.63, 3.8) is 0 Å². The minimum atomic E-state index is 1.02. The quantitative estimate of drug-likeness (QED) is 0.261. The molecule has 2 nitrogen and oxygen atoms in total. The zero-order valence-electron chi connectivity index (χ0n) is 19.3. The highest BCUT2D eigenvalue weighted by Crippen LogP contribution is 2.35. The number of benzene rings is 5. The van der Waals surface area contributed by atoms with E-state index in [1.54, 1.807) is 0 Å². The van der Waals surface area contributed by atoms with Gasteiger partial charge in [-0.25, -0.2) is 0 Å². The smallest absolute Gasteiger partial charge is 0.0780 e. The fourth-order valence-corrected chi connectivity index (χ4v) is 4.57. The molecule has 0 fully saturated rings. The van der Waals surface area contributed by atoms with Crippen molar-refractivity contribution in [1.82, 2.24) is 4.98 Å². The van der Waals surface area contributed by atoms with Gasteiger partial charge in [0.2, 0.25) is 0 Å². The molecule has 166 valence electrons. The molecule has 6 aromatic rings. The molecule has 5 aromatic carbocycles. The summed E-state index contributed by atoms with van der Waals surface area (Å²) in [6, 6.07) is 48.9. The normalized spacial score (nSPS) is 10.9. The van der Waals surface area contributed by atoms with E-state index in [-0.39, 0.29) is 0 Å². The molecule has 6 rings (SSSR count). The molecule has 0 saturated heterocycles. The molecule has 0 bridgehead atoms. The first-order valence-electron chi connectivity index (χ1n) is 11.8. The average molecular weight is 449 g/mol. The van der Waals surface area contributed by atoms with Gasteiger partial charge in [0.25, 0.3) is 0 Å². The Hall–Kier alpha value is -4.69. The van der Waals surface area contributed by atoms with E-state index in [0.29, 0.717) is 0 Å². The summed E-state index contributed by atoms with van der Waals surface area (Å²) in [6.07, 6.45) is 1.88. The van der Waals surface area contributed by atoms with E-state index in [1.807, 2.05) is 18.3 Å². The maximum atomic E-state index is 4.66. The van der Waals surface area contributed by atoms with Gasteiger partial charge in [-0.2, -0.15) is 0 Å². The van der Waals surface area contributed by atoms with E-state index in [0.717, 1.165) is 28.3 Å². The number of rotatable bonds is 5. The molecule has 0 unspecified atom stereocenters. The molecular weight excluding hydrogens is 424 g/mol. The molecule has 0 aliphatic heterocycles. The van der Waals surface area contributed by atoms with Gasteiger partial charge in [0.15, 0.2) is 0 Å². The van der Waals surface area contributed by atoms with Crippen LogP contribution in [-0.4, -0.2) is 4.98 Å². The van der Waals surface area contributed by atoms with Crippen LogP contribution >= 0.6 is 0 Å². The minimum Gasteiger partial charge on any atom is -0.311 e. The van der Waals surface area contributed by atoms with Crippen molar-refractivity contribution in [2.45, 2.75) is 0 Å². The molecular formula is C33H24N2. The lowest BCUT2D eigenvalue weighted by atomic mass is 10.00. The van der Waals surface area contributed by atoms with Gasteiger partial charge in [0.05, 0.1) is 5.69 Å². The number of hydrogen-bond donors (Lipinski definition) is 0. The highest BCUT2D eigenvalue weighted by atomic mass is 15.1. The summed E-state index contributed by atoms with van der Waals surface area (Å²) in [4.78, 5) is 6.94. The van der Waals surface area contributed by atoms with Crippen molar-refractivity contribution in [2.24, 2.45) is 0 Å². The third-order valence-electron chi connectivity index (χ3n) is 6.32. The topological polar surface area (TPSA) is 16.1 Å². The van der Waals surface area contributed by atoms with Gasteiger partial charge in [-0.15, -0.1) is 0 Å². The first-order valence-corrected chi connectivity index (χ1v) is 11.8. The number of hydrogen-bond acceptors (Lipinski definition) is 2. The lowest BCUT2D eigenvalue weighted by Gasteiger charge is -2.25. The SMILES string of the molecule is c1ccc(N(c2ccccc2)c2ccc(-c3ccc(-c4nccc5ccccc45)cc3)cc2)cc1. The van der Waals surface area contributed by atoms with Gasteiger partial charge in [-0.1, -0.05) is 97.1 Å². The highest BCUT2D eigenvalue weighted by Gasteiger charge is 2.12. The Morgan fingerprint density at radius 3 is 1.51 bits per heavy atom. The second-order valence-corrected chi connectivity index (χ2v) is 8.51. The van der Waals surface area contributed by atoms with Gasteiger partial charge in [-0.3, -0.25) is 4.98 Å². The first-order chi connectivity index (χ1) is 17.4. The molecule has 0 spiro atoms. The number of anilines is 3. The molecule has 0 amide bonds. The molecule has 0 aliphatic carbocycles. The summed E-state index contributed by atoms with van der Waals surface area (Å²) in [7, 11) is 0. The van der Waals surface area contributed by atoms with E-state index >= 15 is 0 Å². The zero-order chi connectivity index (χ0) is 23.5. The predicted octanol–water partition coefficient (Wildman–Crippen LogP) is 9.04. The Labute approximate surface area is 205 Å². The van der Waals surface area contributed by atoms with Crippen molar-refractivity contribution in [2.75, 3.05) is 4.90 Å². The molecule has 1 heterocycles. The average Bonchev–Trinajstić information content (AvgIpc) is 2.95. The Bertz CT molecular complexity index is 1510. The van der Waals surface area contributed by atoms with Crippen molar-refractivity contribution >= 4 is 27.8 Å². The Kier molecular flexibility index (Phi) is 5.54. The van der Waals surface area contributed by atoms with E-state index in [2.05, 4.69) is 137 Å². The van der Waals surface area contributed by atoms with E-state index in [9.17, 15) is 0 Å². The molecule has 0 aliphatic rings. The fraction of sp³-hybridized carbons (Fsp3) is 0. The summed E-state index contributed by atoms with van der Waals surface area (Å²) in [5, 5.41) is 2.38. The van der Waals surface area contributed by atoms with Crippen LogP contribution in [0.15, 0.2) is 146 Å². The highest BCUT2D eigenvalue weighted by molar-refractivity contribution is 5.94. The summed E-state index contributed by atoms with van der Waals surface area (Å²) < 4.78 is 0. The van der Waals surface area contributed by atoms with Crippen LogP contribution < -0.4 is 4.90 Å². The molecule has 0 saturated carbocycles. The van der Waals surface area contributed by atoms with Crippen molar-refractivity contribution in [3.8, 4) is 22.4 Å². The first kappa shape index (κ1) is 20.9. The monoisotopic (exact) mass is 448 g/mol. The minimum absolute atomic E-state index is 1.02. The standard InChI is InChI=1S/C33H24N2/c1-3-10-29(11-4-1)35(30-12-5-2-6-13-30)31-21-19-26(20-22-31)25-15-17-28(18-16-25)33-32-14-8-7-9-27(32)23-24-34-33/h1-24H. The fourth-order valence-electron chi connectivity index (χ4n) is 4.57. The zero-order valence-corrected chi connectivity index (χ0v) is 19.3. The van der Waals surface area contributed by atoms with Crippen LogP contribution in [0.25, 0.3) is 33.2 Å². The third kappa shape index (κ3) is 4.18. The van der Waals surface area contributed by atoms with Crippen molar-refractivity contribution in [1.29, 1.82) is 0 Å². The van der Waals surface area contributed by atoms with Crippen LogP contribution in [0.3, 0.4) is 0 Å². The number of pyridine rings is 1. The summed E-state index contributed by atoms with van der Waals surface area (Å²) in [6.45, 7) is 0. The number of aromatic nitrogens is 1. The number of para-hydroxylation sites is 2. The van der Waals surface area contributed by atoms with Gasteiger partial charge in [0.1, 0.15) is 0 Å². The summed E-state index contributed by atoms with van der Waals surface area (Å²) in [5.41, 5.74) is 7.92. The van der Waals surface area contributed by atoms with Crippen LogP contribution in [0.5, 0.6) is 0 Å². The van der Waals surface area contributed by atoms with Crippen molar-refractivity contribution < 1.29 is 0 Å². The molecule has 35 heavy (non-hydrogen) atoms. The van der Waals surface area contributed by atoms with Crippen LogP contribution in [0.1, 0.15) is 0 Å². The van der Waals surface area contributed by atoms with E-state index in [1.165, 1.54) is 21.9 Å².